The van der Waals surface area contributed by atoms with Gasteiger partial charge < -0.3 is 24.7 Å². The largest absolute Gasteiger partial charge is 0.464 e. The Morgan fingerprint density at radius 3 is 2.61 bits per heavy atom. The molecule has 3 rings (SSSR count). The minimum atomic E-state index is -0.531. The van der Waals surface area contributed by atoms with Crippen LogP contribution in [0.2, 0.25) is 0 Å². The van der Waals surface area contributed by atoms with Crippen LogP contribution in [0.3, 0.4) is 0 Å². The molecule has 1 atom stereocenters. The van der Waals surface area contributed by atoms with Gasteiger partial charge in [-0.25, -0.2) is 9.78 Å². The fourth-order valence-electron chi connectivity index (χ4n) is 3.74. The summed E-state index contributed by atoms with van der Waals surface area (Å²) in [5.74, 6) is -0.886. The smallest absolute Gasteiger partial charge is 0.356 e. The zero-order valence-electron chi connectivity index (χ0n) is 19.7. The first kappa shape index (κ1) is 24.3. The zero-order valence-corrected chi connectivity index (χ0v) is 19.7. The highest BCUT2D eigenvalue weighted by Gasteiger charge is 2.26. The van der Waals surface area contributed by atoms with Crippen molar-refractivity contribution in [1.82, 2.24) is 9.55 Å². The molecule has 8 nitrogen and oxygen atoms in total. The number of carbonyl (C=O) groups is 2. The monoisotopic (exact) mass is 452 g/mol. The van der Waals surface area contributed by atoms with Gasteiger partial charge >= 0.3 is 5.97 Å². The summed E-state index contributed by atoms with van der Waals surface area (Å²) in [5, 5.41) is 6.91. The number of ether oxygens (including phenoxy) is 2. The Kier molecular flexibility index (Phi) is 8.43. The quantitative estimate of drug-likeness (QED) is 0.423. The maximum Gasteiger partial charge on any atom is 0.356 e. The topological polar surface area (TPSA) is 94.5 Å². The van der Waals surface area contributed by atoms with E-state index < -0.39 is 5.97 Å². The molecule has 0 bridgehead atoms. The normalized spacial score (nSPS) is 11.9. The van der Waals surface area contributed by atoms with Gasteiger partial charge in [-0.3, -0.25) is 4.79 Å². The van der Waals surface area contributed by atoms with E-state index in [0.29, 0.717) is 23.3 Å². The third-order valence-electron chi connectivity index (χ3n) is 5.53. The molecule has 176 valence electrons. The SMILES string of the molecule is CC[C@H](C)Nc1cnc2c(c1)c(NC(=O)COC)c(C(=O)OC)n2CCCc1ccccc1. The van der Waals surface area contributed by atoms with Gasteiger partial charge in [0.1, 0.15) is 12.3 Å². The number of nitrogens with zero attached hydrogens (tertiary/aromatic N) is 2. The second kappa shape index (κ2) is 11.5. The lowest BCUT2D eigenvalue weighted by atomic mass is 10.1. The Bertz CT molecular complexity index is 1090. The standard InChI is InChI=1S/C25H32N4O4/c1-5-17(2)27-19-14-20-22(28-21(30)16-32-3)23(25(31)33-4)29(24(20)26-15-19)13-9-12-18-10-7-6-8-11-18/h6-8,10-11,14-15,17,27H,5,9,12-13,16H2,1-4H3,(H,28,30)/t17-/m0/s1. The highest BCUT2D eigenvalue weighted by Crippen LogP contribution is 2.33. The van der Waals surface area contributed by atoms with Crippen molar-refractivity contribution in [3.63, 3.8) is 0 Å². The van der Waals surface area contributed by atoms with Gasteiger partial charge in [-0.05, 0) is 37.8 Å². The van der Waals surface area contributed by atoms with Crippen LogP contribution in [0.4, 0.5) is 11.4 Å². The molecule has 0 radical (unpaired) electrons. The average molecular weight is 453 g/mol. The number of amides is 1. The Hall–Kier alpha value is -3.39. The van der Waals surface area contributed by atoms with Gasteiger partial charge in [0.25, 0.3) is 0 Å². The van der Waals surface area contributed by atoms with Crippen LogP contribution in [0.25, 0.3) is 11.0 Å². The lowest BCUT2D eigenvalue weighted by Gasteiger charge is -2.13. The Labute approximate surface area is 194 Å². The van der Waals surface area contributed by atoms with Crippen molar-refractivity contribution < 1.29 is 19.1 Å². The fraction of sp³-hybridized carbons (Fsp3) is 0.400. The van der Waals surface area contributed by atoms with Crippen molar-refractivity contribution in [3.8, 4) is 0 Å². The van der Waals surface area contributed by atoms with Gasteiger partial charge in [0, 0.05) is 25.1 Å². The van der Waals surface area contributed by atoms with Gasteiger partial charge in [0.2, 0.25) is 5.91 Å². The van der Waals surface area contributed by atoms with Gasteiger partial charge in [-0.2, -0.15) is 0 Å². The highest BCUT2D eigenvalue weighted by molar-refractivity contribution is 6.11. The summed E-state index contributed by atoms with van der Waals surface area (Å²) in [4.78, 5) is 29.9. The number of esters is 1. The van der Waals surface area contributed by atoms with Crippen molar-refractivity contribution in [2.24, 2.45) is 0 Å². The summed E-state index contributed by atoms with van der Waals surface area (Å²) in [6.45, 7) is 4.60. The Balaban J connectivity index is 2.05. The van der Waals surface area contributed by atoms with Crippen LogP contribution >= 0.6 is 0 Å². The molecule has 0 aliphatic rings. The molecule has 0 spiro atoms. The molecule has 0 aliphatic heterocycles. The van der Waals surface area contributed by atoms with Gasteiger partial charge in [0.05, 0.1) is 24.7 Å². The number of benzene rings is 1. The molecule has 33 heavy (non-hydrogen) atoms. The Morgan fingerprint density at radius 2 is 1.94 bits per heavy atom. The third-order valence-corrected chi connectivity index (χ3v) is 5.53. The molecule has 0 saturated heterocycles. The molecule has 2 heterocycles. The number of fused-ring (bicyclic) bond motifs is 1. The van der Waals surface area contributed by atoms with E-state index in [2.05, 4.69) is 41.6 Å². The summed E-state index contributed by atoms with van der Waals surface area (Å²) in [6.07, 6.45) is 4.34. The lowest BCUT2D eigenvalue weighted by molar-refractivity contribution is -0.119. The van der Waals surface area contributed by atoms with Crippen LogP contribution in [-0.2, 0) is 27.2 Å². The summed E-state index contributed by atoms with van der Waals surface area (Å²) in [7, 11) is 2.78. The maximum atomic E-state index is 12.8. The number of aromatic nitrogens is 2. The molecule has 0 saturated carbocycles. The second-order valence-corrected chi connectivity index (χ2v) is 7.99. The van der Waals surface area contributed by atoms with E-state index in [1.807, 2.05) is 28.8 Å². The molecule has 1 aromatic carbocycles. The predicted octanol–water partition coefficient (Wildman–Crippen LogP) is 4.25. The van der Waals surface area contributed by atoms with E-state index in [0.717, 1.165) is 24.9 Å². The number of carbonyl (C=O) groups excluding carboxylic acids is 2. The highest BCUT2D eigenvalue weighted by atomic mass is 16.5. The summed E-state index contributed by atoms with van der Waals surface area (Å²) in [5.41, 5.74) is 3.31. The number of methoxy groups -OCH3 is 2. The lowest BCUT2D eigenvalue weighted by Crippen LogP contribution is -2.20. The number of pyridine rings is 1. The van der Waals surface area contributed by atoms with Crippen molar-refractivity contribution in [2.45, 2.75) is 45.7 Å². The number of nitrogens with one attached hydrogen (secondary N) is 2. The van der Waals surface area contributed by atoms with E-state index in [-0.39, 0.29) is 24.2 Å². The molecule has 0 unspecified atom stereocenters. The predicted molar refractivity (Wildman–Crippen MR) is 130 cm³/mol. The second-order valence-electron chi connectivity index (χ2n) is 7.99. The zero-order chi connectivity index (χ0) is 23.8. The van der Waals surface area contributed by atoms with Crippen LogP contribution in [0.1, 0.15) is 42.7 Å². The van der Waals surface area contributed by atoms with E-state index in [1.54, 1.807) is 6.20 Å². The molecule has 2 N–H and O–H groups in total. The van der Waals surface area contributed by atoms with Crippen molar-refractivity contribution in [1.29, 1.82) is 0 Å². The molecule has 8 heteroatoms. The number of aryl methyl sites for hydroxylation is 2. The summed E-state index contributed by atoms with van der Waals surface area (Å²) >= 11 is 0. The maximum absolute atomic E-state index is 12.8. The molecule has 0 fully saturated rings. The first-order valence-corrected chi connectivity index (χ1v) is 11.2. The fourth-order valence-corrected chi connectivity index (χ4v) is 3.74. The summed E-state index contributed by atoms with van der Waals surface area (Å²) < 4.78 is 11.9. The Morgan fingerprint density at radius 1 is 1.18 bits per heavy atom. The van der Waals surface area contributed by atoms with Crippen molar-refractivity contribution in [3.05, 3.63) is 53.9 Å². The van der Waals surface area contributed by atoms with E-state index >= 15 is 0 Å². The first-order valence-electron chi connectivity index (χ1n) is 11.2. The first-order chi connectivity index (χ1) is 16.0. The van der Waals surface area contributed by atoms with Gasteiger partial charge in [-0.15, -0.1) is 0 Å². The van der Waals surface area contributed by atoms with Crippen molar-refractivity contribution >= 4 is 34.3 Å². The molecule has 0 aliphatic carbocycles. The number of hydrogen-bond donors (Lipinski definition) is 2. The molecular formula is C25H32N4O4. The number of hydrogen-bond acceptors (Lipinski definition) is 6. The van der Waals surface area contributed by atoms with Crippen LogP contribution in [0.5, 0.6) is 0 Å². The van der Waals surface area contributed by atoms with Crippen LogP contribution < -0.4 is 10.6 Å². The van der Waals surface area contributed by atoms with Gasteiger partial charge in [0.15, 0.2) is 5.69 Å². The minimum absolute atomic E-state index is 0.125. The van der Waals surface area contributed by atoms with E-state index in [9.17, 15) is 9.59 Å². The molecule has 2 aromatic heterocycles. The van der Waals surface area contributed by atoms with Gasteiger partial charge in [-0.1, -0.05) is 37.3 Å². The molecular weight excluding hydrogens is 420 g/mol. The van der Waals surface area contributed by atoms with Crippen LogP contribution in [0, 0.1) is 0 Å². The minimum Gasteiger partial charge on any atom is -0.464 e. The summed E-state index contributed by atoms with van der Waals surface area (Å²) in [6, 6.07) is 12.3. The average Bonchev–Trinajstić information content (AvgIpc) is 3.11. The third kappa shape index (κ3) is 5.90. The molecule has 1 amide bonds. The van der Waals surface area contributed by atoms with Crippen LogP contribution in [-0.4, -0.2) is 48.3 Å². The van der Waals surface area contributed by atoms with E-state index in [1.165, 1.54) is 19.8 Å². The number of rotatable bonds is 11. The molecule has 3 aromatic rings. The van der Waals surface area contributed by atoms with Crippen LogP contribution in [0.15, 0.2) is 42.6 Å². The van der Waals surface area contributed by atoms with E-state index in [4.69, 9.17) is 9.47 Å². The van der Waals surface area contributed by atoms with Crippen molar-refractivity contribution in [2.75, 3.05) is 31.5 Å². The number of anilines is 2.